The van der Waals surface area contributed by atoms with Crippen LogP contribution in [0.4, 0.5) is 11.5 Å². The van der Waals surface area contributed by atoms with Crippen LogP contribution in [0.25, 0.3) is 33.4 Å². The standard InChI is InChI=1S/C22H21N5/c1-23-22-19-13-16(15-6-4-8-18(12-15)27(2)3)9-10-20(19)25-21(26-22)17-7-5-11-24-14-17/h4-14H,1-3H3,(H,23,25,26). The second-order valence-electron chi connectivity index (χ2n) is 6.56. The van der Waals surface area contributed by atoms with Gasteiger partial charge in [0.25, 0.3) is 0 Å². The van der Waals surface area contributed by atoms with E-state index in [1.807, 2.05) is 33.3 Å². The van der Waals surface area contributed by atoms with Crippen LogP contribution in [0.2, 0.25) is 0 Å². The Morgan fingerprint density at radius 1 is 0.852 bits per heavy atom. The average molecular weight is 355 g/mol. The number of nitrogens with one attached hydrogen (secondary N) is 1. The predicted octanol–water partition coefficient (Wildman–Crippen LogP) is 4.47. The molecular formula is C22H21N5. The number of hydrogen-bond donors (Lipinski definition) is 1. The van der Waals surface area contributed by atoms with E-state index in [0.29, 0.717) is 5.82 Å². The van der Waals surface area contributed by atoms with E-state index in [4.69, 9.17) is 9.97 Å². The molecule has 4 aromatic rings. The highest BCUT2D eigenvalue weighted by Crippen LogP contribution is 2.30. The molecule has 0 fully saturated rings. The minimum atomic E-state index is 0.669. The summed E-state index contributed by atoms with van der Waals surface area (Å²) in [7, 11) is 5.98. The van der Waals surface area contributed by atoms with Crippen molar-refractivity contribution in [2.75, 3.05) is 31.4 Å². The van der Waals surface area contributed by atoms with Crippen LogP contribution in [0.5, 0.6) is 0 Å². The van der Waals surface area contributed by atoms with Gasteiger partial charge in [-0.2, -0.15) is 0 Å². The molecule has 0 aliphatic rings. The van der Waals surface area contributed by atoms with E-state index in [-0.39, 0.29) is 0 Å². The van der Waals surface area contributed by atoms with Crippen LogP contribution in [-0.4, -0.2) is 36.1 Å². The Morgan fingerprint density at radius 3 is 2.41 bits per heavy atom. The van der Waals surface area contributed by atoms with Crippen molar-refractivity contribution >= 4 is 22.4 Å². The lowest BCUT2D eigenvalue weighted by molar-refractivity contribution is 1.13. The van der Waals surface area contributed by atoms with Crippen molar-refractivity contribution in [2.24, 2.45) is 0 Å². The van der Waals surface area contributed by atoms with Crippen molar-refractivity contribution in [1.82, 2.24) is 15.0 Å². The molecule has 0 saturated carbocycles. The van der Waals surface area contributed by atoms with Crippen LogP contribution in [-0.2, 0) is 0 Å². The van der Waals surface area contributed by atoms with Crippen molar-refractivity contribution in [2.45, 2.75) is 0 Å². The maximum Gasteiger partial charge on any atom is 0.163 e. The molecule has 134 valence electrons. The highest BCUT2D eigenvalue weighted by atomic mass is 15.1. The molecule has 2 aromatic heterocycles. The van der Waals surface area contributed by atoms with Gasteiger partial charge in [-0.25, -0.2) is 9.97 Å². The van der Waals surface area contributed by atoms with Crippen LogP contribution >= 0.6 is 0 Å². The second-order valence-corrected chi connectivity index (χ2v) is 6.56. The first-order valence-electron chi connectivity index (χ1n) is 8.83. The van der Waals surface area contributed by atoms with E-state index < -0.39 is 0 Å². The number of rotatable bonds is 4. The average Bonchev–Trinajstić information content (AvgIpc) is 2.73. The van der Waals surface area contributed by atoms with Crippen LogP contribution in [0.3, 0.4) is 0 Å². The van der Waals surface area contributed by atoms with Gasteiger partial charge in [0.1, 0.15) is 5.82 Å². The second kappa shape index (κ2) is 7.03. The number of benzene rings is 2. The molecule has 5 nitrogen and oxygen atoms in total. The molecule has 0 unspecified atom stereocenters. The fourth-order valence-corrected chi connectivity index (χ4v) is 3.09. The first-order valence-corrected chi connectivity index (χ1v) is 8.83. The Morgan fingerprint density at radius 2 is 1.67 bits per heavy atom. The number of nitrogens with zero attached hydrogens (tertiary/aromatic N) is 4. The highest BCUT2D eigenvalue weighted by molar-refractivity contribution is 5.94. The third kappa shape index (κ3) is 3.31. The summed E-state index contributed by atoms with van der Waals surface area (Å²) in [4.78, 5) is 15.7. The number of fused-ring (bicyclic) bond motifs is 1. The topological polar surface area (TPSA) is 53.9 Å². The van der Waals surface area contributed by atoms with Crippen molar-refractivity contribution < 1.29 is 0 Å². The van der Waals surface area contributed by atoms with E-state index in [1.54, 1.807) is 12.4 Å². The predicted molar refractivity (Wildman–Crippen MR) is 112 cm³/mol. The molecule has 27 heavy (non-hydrogen) atoms. The summed E-state index contributed by atoms with van der Waals surface area (Å²) in [5, 5.41) is 4.21. The molecule has 2 heterocycles. The Hall–Kier alpha value is -3.47. The molecule has 0 spiro atoms. The lowest BCUT2D eigenvalue weighted by Gasteiger charge is -2.14. The smallest absolute Gasteiger partial charge is 0.163 e. The van der Waals surface area contributed by atoms with Gasteiger partial charge in [-0.3, -0.25) is 4.98 Å². The van der Waals surface area contributed by atoms with E-state index in [0.717, 1.165) is 27.8 Å². The monoisotopic (exact) mass is 355 g/mol. The first-order chi connectivity index (χ1) is 13.2. The molecule has 1 N–H and O–H groups in total. The maximum absolute atomic E-state index is 4.74. The maximum atomic E-state index is 4.74. The SMILES string of the molecule is CNc1nc(-c2cccnc2)nc2ccc(-c3cccc(N(C)C)c3)cc12. The van der Waals surface area contributed by atoms with E-state index in [1.165, 1.54) is 11.3 Å². The van der Waals surface area contributed by atoms with Gasteiger partial charge < -0.3 is 10.2 Å². The summed E-state index contributed by atoms with van der Waals surface area (Å²) in [6.07, 6.45) is 3.53. The zero-order chi connectivity index (χ0) is 18.8. The normalized spacial score (nSPS) is 10.8. The Kier molecular flexibility index (Phi) is 4.42. The van der Waals surface area contributed by atoms with E-state index >= 15 is 0 Å². The number of anilines is 2. The Labute approximate surface area is 158 Å². The van der Waals surface area contributed by atoms with Crippen molar-refractivity contribution in [3.05, 3.63) is 67.0 Å². The van der Waals surface area contributed by atoms with Gasteiger partial charge in [-0.15, -0.1) is 0 Å². The fourth-order valence-electron chi connectivity index (χ4n) is 3.09. The van der Waals surface area contributed by atoms with Gasteiger partial charge in [0.2, 0.25) is 0 Å². The quantitative estimate of drug-likeness (QED) is 0.585. The Balaban J connectivity index is 1.84. The molecular weight excluding hydrogens is 334 g/mol. The third-order valence-corrected chi connectivity index (χ3v) is 4.55. The third-order valence-electron chi connectivity index (χ3n) is 4.55. The summed E-state index contributed by atoms with van der Waals surface area (Å²) >= 11 is 0. The molecule has 0 saturated heterocycles. The number of pyridine rings is 1. The van der Waals surface area contributed by atoms with E-state index in [9.17, 15) is 0 Å². The molecule has 0 amide bonds. The van der Waals surface area contributed by atoms with Gasteiger partial charge in [-0.1, -0.05) is 18.2 Å². The van der Waals surface area contributed by atoms with E-state index in [2.05, 4.69) is 57.7 Å². The van der Waals surface area contributed by atoms with Crippen LogP contribution in [0.1, 0.15) is 0 Å². The molecule has 0 radical (unpaired) electrons. The minimum Gasteiger partial charge on any atom is -0.378 e. The van der Waals surface area contributed by atoms with Gasteiger partial charge in [0.15, 0.2) is 5.82 Å². The molecule has 2 aromatic carbocycles. The molecule has 0 bridgehead atoms. The fraction of sp³-hybridized carbons (Fsp3) is 0.136. The van der Waals surface area contributed by atoms with Gasteiger partial charge in [0, 0.05) is 50.2 Å². The zero-order valence-electron chi connectivity index (χ0n) is 15.6. The molecule has 4 rings (SSSR count). The highest BCUT2D eigenvalue weighted by Gasteiger charge is 2.10. The van der Waals surface area contributed by atoms with Gasteiger partial charge >= 0.3 is 0 Å². The molecule has 0 aliphatic carbocycles. The summed E-state index contributed by atoms with van der Waals surface area (Å²) in [5.74, 6) is 1.48. The number of aromatic nitrogens is 3. The number of hydrogen-bond acceptors (Lipinski definition) is 5. The van der Waals surface area contributed by atoms with Crippen LogP contribution in [0.15, 0.2) is 67.0 Å². The molecule has 5 heteroatoms. The largest absolute Gasteiger partial charge is 0.378 e. The van der Waals surface area contributed by atoms with Crippen LogP contribution in [0, 0.1) is 0 Å². The molecule has 0 aliphatic heterocycles. The summed E-state index contributed by atoms with van der Waals surface area (Å²) in [5.41, 5.74) is 5.28. The zero-order valence-corrected chi connectivity index (χ0v) is 15.6. The van der Waals surface area contributed by atoms with Gasteiger partial charge in [0.05, 0.1) is 5.52 Å². The van der Waals surface area contributed by atoms with Crippen molar-refractivity contribution in [3.63, 3.8) is 0 Å². The molecule has 0 atom stereocenters. The minimum absolute atomic E-state index is 0.669. The first kappa shape index (κ1) is 17.0. The van der Waals surface area contributed by atoms with Crippen molar-refractivity contribution in [3.8, 4) is 22.5 Å². The summed E-state index contributed by atoms with van der Waals surface area (Å²) in [6, 6.07) is 18.7. The Bertz CT molecular complexity index is 1090. The van der Waals surface area contributed by atoms with Crippen molar-refractivity contribution in [1.29, 1.82) is 0 Å². The summed E-state index contributed by atoms with van der Waals surface area (Å²) < 4.78 is 0. The van der Waals surface area contributed by atoms with Crippen LogP contribution < -0.4 is 10.2 Å². The summed E-state index contributed by atoms with van der Waals surface area (Å²) in [6.45, 7) is 0. The van der Waals surface area contributed by atoms with Gasteiger partial charge in [-0.05, 0) is 47.5 Å². The lowest BCUT2D eigenvalue weighted by atomic mass is 10.0. The lowest BCUT2D eigenvalue weighted by Crippen LogP contribution is -2.08.